The lowest BCUT2D eigenvalue weighted by atomic mass is 9.85. The SMILES string of the molecule is CCOc1ccc(NC(=O)COC(=O)c2ccc(N3C(=O)[C@H]4CC=CC[C@@H]4C3=O)cc2)cc1. The van der Waals surface area contributed by atoms with Crippen molar-refractivity contribution >= 4 is 35.1 Å². The van der Waals surface area contributed by atoms with Gasteiger partial charge in [-0.25, -0.2) is 4.79 Å². The Morgan fingerprint density at radius 3 is 2.12 bits per heavy atom. The number of allylic oxidation sites excluding steroid dienone is 2. The van der Waals surface area contributed by atoms with Gasteiger partial charge in [0, 0.05) is 5.69 Å². The van der Waals surface area contributed by atoms with Gasteiger partial charge in [-0.1, -0.05) is 12.2 Å². The Balaban J connectivity index is 1.31. The van der Waals surface area contributed by atoms with Crippen LogP contribution in [0.5, 0.6) is 5.75 Å². The molecule has 0 spiro atoms. The van der Waals surface area contributed by atoms with Crippen molar-refractivity contribution in [1.82, 2.24) is 0 Å². The Morgan fingerprint density at radius 1 is 0.939 bits per heavy atom. The fourth-order valence-corrected chi connectivity index (χ4v) is 4.01. The molecule has 1 heterocycles. The van der Waals surface area contributed by atoms with Crippen LogP contribution < -0.4 is 15.0 Å². The van der Waals surface area contributed by atoms with E-state index in [-0.39, 0.29) is 29.2 Å². The van der Waals surface area contributed by atoms with Crippen molar-refractivity contribution in [2.45, 2.75) is 19.8 Å². The van der Waals surface area contributed by atoms with Gasteiger partial charge >= 0.3 is 5.97 Å². The number of rotatable bonds is 7. The number of hydrogen-bond donors (Lipinski definition) is 1. The minimum atomic E-state index is -0.680. The Morgan fingerprint density at radius 2 is 1.55 bits per heavy atom. The number of amides is 3. The van der Waals surface area contributed by atoms with Crippen LogP contribution in [0, 0.1) is 11.8 Å². The van der Waals surface area contributed by atoms with Gasteiger partial charge in [0.15, 0.2) is 6.61 Å². The number of hydrogen-bond acceptors (Lipinski definition) is 6. The molecule has 1 aliphatic heterocycles. The van der Waals surface area contributed by atoms with Gasteiger partial charge < -0.3 is 14.8 Å². The molecule has 1 fully saturated rings. The van der Waals surface area contributed by atoms with Gasteiger partial charge in [-0.2, -0.15) is 0 Å². The van der Waals surface area contributed by atoms with Crippen LogP contribution in [0.25, 0.3) is 0 Å². The molecule has 0 bridgehead atoms. The summed E-state index contributed by atoms with van der Waals surface area (Å²) in [6.45, 7) is 1.98. The summed E-state index contributed by atoms with van der Waals surface area (Å²) in [5, 5.41) is 2.64. The van der Waals surface area contributed by atoms with Crippen LogP contribution in [0.4, 0.5) is 11.4 Å². The Bertz CT molecular complexity index is 1060. The largest absolute Gasteiger partial charge is 0.494 e. The van der Waals surface area contributed by atoms with E-state index in [1.54, 1.807) is 24.3 Å². The second-order valence-electron chi connectivity index (χ2n) is 7.80. The van der Waals surface area contributed by atoms with Crippen LogP contribution >= 0.6 is 0 Å². The van der Waals surface area contributed by atoms with E-state index in [4.69, 9.17) is 9.47 Å². The predicted octanol–water partition coefficient (Wildman–Crippen LogP) is 3.34. The van der Waals surface area contributed by atoms with Crippen molar-refractivity contribution in [1.29, 1.82) is 0 Å². The highest BCUT2D eigenvalue weighted by Crippen LogP contribution is 2.37. The van der Waals surface area contributed by atoms with Crippen LogP contribution in [-0.2, 0) is 19.1 Å². The Kier molecular flexibility index (Phi) is 6.53. The quantitative estimate of drug-likeness (QED) is 0.396. The highest BCUT2D eigenvalue weighted by molar-refractivity contribution is 6.22. The zero-order valence-corrected chi connectivity index (χ0v) is 18.2. The molecule has 0 radical (unpaired) electrons. The molecule has 2 atom stereocenters. The molecule has 0 aromatic heterocycles. The number of nitrogens with zero attached hydrogens (tertiary/aromatic N) is 1. The third-order valence-corrected chi connectivity index (χ3v) is 5.65. The van der Waals surface area contributed by atoms with Gasteiger partial charge in [-0.05, 0) is 68.3 Å². The average molecular weight is 448 g/mol. The van der Waals surface area contributed by atoms with Crippen LogP contribution in [0.2, 0.25) is 0 Å². The van der Waals surface area contributed by atoms with E-state index >= 15 is 0 Å². The topological polar surface area (TPSA) is 102 Å². The zero-order valence-electron chi connectivity index (χ0n) is 18.2. The predicted molar refractivity (Wildman–Crippen MR) is 121 cm³/mol. The molecule has 0 unspecified atom stereocenters. The molecule has 33 heavy (non-hydrogen) atoms. The number of carbonyl (C=O) groups excluding carboxylic acids is 4. The highest BCUT2D eigenvalue weighted by Gasteiger charge is 2.47. The first kappa shape index (κ1) is 22.3. The monoisotopic (exact) mass is 448 g/mol. The fraction of sp³-hybridized carbons (Fsp3) is 0.280. The van der Waals surface area contributed by atoms with Gasteiger partial charge in [0.05, 0.1) is 29.7 Å². The van der Waals surface area contributed by atoms with E-state index in [0.717, 1.165) is 0 Å². The van der Waals surface area contributed by atoms with Crippen molar-refractivity contribution in [2.24, 2.45) is 11.8 Å². The maximum absolute atomic E-state index is 12.7. The molecule has 2 aromatic rings. The smallest absolute Gasteiger partial charge is 0.338 e. The van der Waals surface area contributed by atoms with Gasteiger partial charge in [0.25, 0.3) is 5.91 Å². The standard InChI is InChI=1S/C25H24N2O6/c1-2-32-19-13-9-17(10-14-19)26-22(28)15-33-25(31)16-7-11-18(12-8-16)27-23(29)20-5-3-4-6-21(20)24(27)30/h3-4,7-14,20-21H,2,5-6,15H2,1H3,(H,26,28)/t20-,21-/m0/s1. The van der Waals surface area contributed by atoms with E-state index in [0.29, 0.717) is 36.6 Å². The molecule has 0 saturated carbocycles. The molecular formula is C25H24N2O6. The molecule has 4 rings (SSSR count). The van der Waals surface area contributed by atoms with Crippen molar-refractivity contribution in [3.05, 3.63) is 66.2 Å². The molecule has 1 N–H and O–H groups in total. The van der Waals surface area contributed by atoms with E-state index in [2.05, 4.69) is 5.32 Å². The Hall–Kier alpha value is -3.94. The molecular weight excluding hydrogens is 424 g/mol. The lowest BCUT2D eigenvalue weighted by Gasteiger charge is -2.15. The third-order valence-electron chi connectivity index (χ3n) is 5.65. The fourth-order valence-electron chi connectivity index (χ4n) is 4.01. The molecule has 2 aromatic carbocycles. The Labute approximate surface area is 191 Å². The van der Waals surface area contributed by atoms with Crippen LogP contribution in [0.3, 0.4) is 0 Å². The average Bonchev–Trinajstić information content (AvgIpc) is 3.09. The number of imide groups is 1. The van der Waals surface area contributed by atoms with Gasteiger partial charge in [-0.3, -0.25) is 19.3 Å². The van der Waals surface area contributed by atoms with E-state index in [1.165, 1.54) is 29.2 Å². The lowest BCUT2D eigenvalue weighted by molar-refractivity contribution is -0.122. The number of fused-ring (bicyclic) bond motifs is 1. The lowest BCUT2D eigenvalue weighted by Crippen LogP contribution is -2.30. The third kappa shape index (κ3) is 4.79. The molecule has 1 aliphatic carbocycles. The summed E-state index contributed by atoms with van der Waals surface area (Å²) in [4.78, 5) is 50.9. The van der Waals surface area contributed by atoms with Crippen LogP contribution in [0.1, 0.15) is 30.1 Å². The minimum absolute atomic E-state index is 0.212. The molecule has 3 amide bonds. The molecule has 2 aliphatic rings. The second kappa shape index (κ2) is 9.68. The molecule has 1 saturated heterocycles. The van der Waals surface area contributed by atoms with Crippen molar-refractivity contribution < 1.29 is 28.7 Å². The minimum Gasteiger partial charge on any atom is -0.494 e. The summed E-state index contributed by atoms with van der Waals surface area (Å²) >= 11 is 0. The number of esters is 1. The van der Waals surface area contributed by atoms with E-state index in [1.807, 2.05) is 19.1 Å². The normalized spacial score (nSPS) is 19.2. The summed E-state index contributed by atoms with van der Waals surface area (Å²) < 4.78 is 10.4. The van der Waals surface area contributed by atoms with Crippen LogP contribution in [0.15, 0.2) is 60.7 Å². The summed E-state index contributed by atoms with van der Waals surface area (Å²) in [6.07, 6.45) is 4.99. The van der Waals surface area contributed by atoms with Crippen LogP contribution in [-0.4, -0.2) is 36.9 Å². The summed E-state index contributed by atoms with van der Waals surface area (Å²) in [7, 11) is 0. The number of ether oxygens (including phenoxy) is 2. The van der Waals surface area contributed by atoms with Crippen molar-refractivity contribution in [3.63, 3.8) is 0 Å². The first-order valence-electron chi connectivity index (χ1n) is 10.8. The zero-order chi connectivity index (χ0) is 23.4. The number of benzene rings is 2. The van der Waals surface area contributed by atoms with Gasteiger partial charge in [0.1, 0.15) is 5.75 Å². The number of carbonyl (C=O) groups is 4. The van der Waals surface area contributed by atoms with E-state index in [9.17, 15) is 19.2 Å². The first-order valence-corrected chi connectivity index (χ1v) is 10.8. The molecule has 8 nitrogen and oxygen atoms in total. The van der Waals surface area contributed by atoms with Crippen molar-refractivity contribution in [3.8, 4) is 5.75 Å². The summed E-state index contributed by atoms with van der Waals surface area (Å²) in [6, 6.07) is 12.9. The van der Waals surface area contributed by atoms with Gasteiger partial charge in [-0.15, -0.1) is 0 Å². The molecule has 170 valence electrons. The molecule has 8 heteroatoms. The first-order chi connectivity index (χ1) is 16.0. The highest BCUT2D eigenvalue weighted by atomic mass is 16.5. The number of nitrogens with one attached hydrogen (secondary N) is 1. The number of anilines is 2. The van der Waals surface area contributed by atoms with Crippen molar-refractivity contribution in [2.75, 3.05) is 23.4 Å². The summed E-state index contributed by atoms with van der Waals surface area (Å²) in [5.74, 6) is -1.53. The summed E-state index contributed by atoms with van der Waals surface area (Å²) in [5.41, 5.74) is 1.19. The maximum Gasteiger partial charge on any atom is 0.338 e. The van der Waals surface area contributed by atoms with Gasteiger partial charge in [0.2, 0.25) is 11.8 Å². The second-order valence-corrected chi connectivity index (χ2v) is 7.80. The maximum atomic E-state index is 12.7. The van der Waals surface area contributed by atoms with E-state index < -0.39 is 18.5 Å².